The van der Waals surface area contributed by atoms with E-state index in [1.165, 1.54) is 6.07 Å². The maximum Gasteiger partial charge on any atom is 0.349 e. The number of benzene rings is 2. The van der Waals surface area contributed by atoms with Gasteiger partial charge in [0.2, 0.25) is 0 Å². The SMILES string of the molecule is Cc1ccc2oc(=O)c(C(=O)Nc3ccc(N=C(N)N)cc3)cc2c1. The van der Waals surface area contributed by atoms with Crippen molar-refractivity contribution in [2.45, 2.75) is 6.92 Å². The zero-order chi connectivity index (χ0) is 18.0. The van der Waals surface area contributed by atoms with Crippen molar-refractivity contribution in [2.75, 3.05) is 5.32 Å². The van der Waals surface area contributed by atoms with E-state index >= 15 is 0 Å². The predicted octanol–water partition coefficient (Wildman–Crippen LogP) is 2.26. The lowest BCUT2D eigenvalue weighted by molar-refractivity contribution is 0.102. The molecule has 0 aliphatic rings. The summed E-state index contributed by atoms with van der Waals surface area (Å²) in [5, 5.41) is 3.34. The molecule has 0 atom stereocenters. The second-order valence-electron chi connectivity index (χ2n) is 5.53. The highest BCUT2D eigenvalue weighted by Crippen LogP contribution is 2.18. The largest absolute Gasteiger partial charge is 0.422 e. The molecule has 5 N–H and O–H groups in total. The number of carbonyl (C=O) groups is 1. The first-order chi connectivity index (χ1) is 11.9. The van der Waals surface area contributed by atoms with Crippen LogP contribution in [0.3, 0.4) is 0 Å². The van der Waals surface area contributed by atoms with Crippen molar-refractivity contribution in [2.24, 2.45) is 16.5 Å². The zero-order valence-electron chi connectivity index (χ0n) is 13.4. The van der Waals surface area contributed by atoms with E-state index in [0.29, 0.717) is 22.3 Å². The molecule has 126 valence electrons. The van der Waals surface area contributed by atoms with Gasteiger partial charge in [-0.15, -0.1) is 0 Å². The molecular formula is C18H16N4O3. The number of aliphatic imine (C=N–C) groups is 1. The summed E-state index contributed by atoms with van der Waals surface area (Å²) in [6.07, 6.45) is 0. The number of hydrogen-bond acceptors (Lipinski definition) is 4. The average molecular weight is 336 g/mol. The maximum atomic E-state index is 12.4. The van der Waals surface area contributed by atoms with Crippen molar-refractivity contribution < 1.29 is 9.21 Å². The van der Waals surface area contributed by atoms with Gasteiger partial charge in [-0.1, -0.05) is 11.6 Å². The molecule has 0 saturated heterocycles. The first-order valence-electron chi connectivity index (χ1n) is 7.48. The van der Waals surface area contributed by atoms with E-state index in [1.807, 2.05) is 19.1 Å². The summed E-state index contributed by atoms with van der Waals surface area (Å²) in [4.78, 5) is 28.3. The lowest BCUT2D eigenvalue weighted by Gasteiger charge is -2.06. The maximum absolute atomic E-state index is 12.4. The summed E-state index contributed by atoms with van der Waals surface area (Å²) in [6.45, 7) is 1.92. The first-order valence-corrected chi connectivity index (χ1v) is 7.48. The molecule has 1 aromatic heterocycles. The molecule has 7 heteroatoms. The van der Waals surface area contributed by atoms with Gasteiger partial charge in [0.1, 0.15) is 11.1 Å². The highest BCUT2D eigenvalue weighted by Gasteiger charge is 2.14. The Morgan fingerprint density at radius 1 is 1.08 bits per heavy atom. The normalized spacial score (nSPS) is 10.4. The van der Waals surface area contributed by atoms with E-state index in [1.54, 1.807) is 30.3 Å². The number of nitrogens with zero attached hydrogens (tertiary/aromatic N) is 1. The summed E-state index contributed by atoms with van der Waals surface area (Å²) in [5.74, 6) is -0.604. The minimum atomic E-state index is -0.689. The van der Waals surface area contributed by atoms with Crippen LogP contribution in [0.4, 0.5) is 11.4 Å². The van der Waals surface area contributed by atoms with Crippen LogP contribution in [0.5, 0.6) is 0 Å². The average Bonchev–Trinajstić information content (AvgIpc) is 2.56. The standard InChI is InChI=1S/C18H16N4O3/c1-10-2-7-15-11(8-10)9-14(17(24)25-15)16(23)21-12-3-5-13(6-4-12)22-18(19)20/h2-9H,1H3,(H,21,23)(H4,19,20,22). The van der Waals surface area contributed by atoms with Crippen LogP contribution < -0.4 is 22.4 Å². The molecule has 0 radical (unpaired) electrons. The zero-order valence-corrected chi connectivity index (χ0v) is 13.4. The molecule has 0 unspecified atom stereocenters. The number of rotatable bonds is 3. The van der Waals surface area contributed by atoms with E-state index in [4.69, 9.17) is 15.9 Å². The Labute approximate surface area is 143 Å². The van der Waals surface area contributed by atoms with Crippen molar-refractivity contribution in [1.29, 1.82) is 0 Å². The van der Waals surface area contributed by atoms with Crippen LogP contribution >= 0.6 is 0 Å². The molecular weight excluding hydrogens is 320 g/mol. The van der Waals surface area contributed by atoms with Crippen molar-refractivity contribution in [3.05, 3.63) is 70.1 Å². The van der Waals surface area contributed by atoms with E-state index in [2.05, 4.69) is 10.3 Å². The van der Waals surface area contributed by atoms with Crippen molar-refractivity contribution >= 4 is 34.2 Å². The minimum absolute atomic E-state index is 0.0548. The van der Waals surface area contributed by atoms with Crippen LogP contribution in [0.2, 0.25) is 0 Å². The fraction of sp³-hybridized carbons (Fsp3) is 0.0556. The molecule has 0 spiro atoms. The predicted molar refractivity (Wildman–Crippen MR) is 97.1 cm³/mol. The molecule has 1 heterocycles. The number of guanidine groups is 1. The fourth-order valence-electron chi connectivity index (χ4n) is 2.37. The molecule has 25 heavy (non-hydrogen) atoms. The van der Waals surface area contributed by atoms with Gasteiger partial charge < -0.3 is 21.2 Å². The molecule has 7 nitrogen and oxygen atoms in total. The van der Waals surface area contributed by atoms with Gasteiger partial charge >= 0.3 is 5.63 Å². The molecule has 2 aromatic carbocycles. The van der Waals surface area contributed by atoms with Crippen LogP contribution in [0.15, 0.2) is 62.7 Å². The van der Waals surface area contributed by atoms with Gasteiger partial charge in [0.25, 0.3) is 5.91 Å². The summed E-state index contributed by atoms with van der Waals surface area (Å²) in [7, 11) is 0. The van der Waals surface area contributed by atoms with Gasteiger partial charge in [-0.25, -0.2) is 9.79 Å². The third-order valence-corrected chi connectivity index (χ3v) is 3.52. The Kier molecular flexibility index (Phi) is 4.21. The molecule has 3 rings (SSSR count). The Morgan fingerprint density at radius 2 is 1.80 bits per heavy atom. The number of hydrogen-bond donors (Lipinski definition) is 3. The Hall–Kier alpha value is -3.61. The second kappa shape index (κ2) is 6.48. The molecule has 0 aliphatic carbocycles. The van der Waals surface area contributed by atoms with Crippen molar-refractivity contribution in [3.63, 3.8) is 0 Å². The van der Waals surface area contributed by atoms with Gasteiger partial charge in [-0.05, 0) is 49.4 Å². The number of carbonyl (C=O) groups excluding carboxylic acids is 1. The van der Waals surface area contributed by atoms with E-state index in [0.717, 1.165) is 5.56 Å². The Balaban J connectivity index is 1.88. The number of nitrogens with two attached hydrogens (primary N) is 2. The molecule has 3 aromatic rings. The highest BCUT2D eigenvalue weighted by atomic mass is 16.4. The Bertz CT molecular complexity index is 1030. The number of anilines is 1. The van der Waals surface area contributed by atoms with Gasteiger partial charge in [-0.3, -0.25) is 4.79 Å². The van der Waals surface area contributed by atoms with Gasteiger partial charge in [0.15, 0.2) is 5.96 Å². The van der Waals surface area contributed by atoms with E-state index < -0.39 is 11.5 Å². The fourth-order valence-corrected chi connectivity index (χ4v) is 2.37. The third kappa shape index (κ3) is 3.66. The summed E-state index contributed by atoms with van der Waals surface area (Å²) >= 11 is 0. The minimum Gasteiger partial charge on any atom is -0.422 e. The lowest BCUT2D eigenvalue weighted by Crippen LogP contribution is -2.22. The van der Waals surface area contributed by atoms with Crippen molar-refractivity contribution in [1.82, 2.24) is 0 Å². The van der Waals surface area contributed by atoms with E-state index in [9.17, 15) is 9.59 Å². The molecule has 0 bridgehead atoms. The monoisotopic (exact) mass is 336 g/mol. The van der Waals surface area contributed by atoms with E-state index in [-0.39, 0.29) is 11.5 Å². The summed E-state index contributed by atoms with van der Waals surface area (Å²) in [5.41, 5.74) is 12.4. The lowest BCUT2D eigenvalue weighted by atomic mass is 10.1. The molecule has 1 amide bonds. The quantitative estimate of drug-likeness (QED) is 0.384. The highest BCUT2D eigenvalue weighted by molar-refractivity contribution is 6.05. The Morgan fingerprint density at radius 3 is 2.48 bits per heavy atom. The molecule has 0 saturated carbocycles. The number of fused-ring (bicyclic) bond motifs is 1. The third-order valence-electron chi connectivity index (χ3n) is 3.52. The number of nitrogens with one attached hydrogen (secondary N) is 1. The molecule has 0 aliphatic heterocycles. The first kappa shape index (κ1) is 16.3. The number of aryl methyl sites for hydroxylation is 1. The summed E-state index contributed by atoms with van der Waals surface area (Å²) in [6, 6.07) is 13.5. The van der Waals surface area contributed by atoms with Crippen LogP contribution in [0.1, 0.15) is 15.9 Å². The van der Waals surface area contributed by atoms with Crippen LogP contribution in [-0.2, 0) is 0 Å². The van der Waals surface area contributed by atoms with Gasteiger partial charge in [-0.2, -0.15) is 0 Å². The molecule has 0 fully saturated rings. The summed E-state index contributed by atoms with van der Waals surface area (Å²) < 4.78 is 5.21. The van der Waals surface area contributed by atoms with Crippen LogP contribution in [0, 0.1) is 6.92 Å². The van der Waals surface area contributed by atoms with Crippen molar-refractivity contribution in [3.8, 4) is 0 Å². The smallest absolute Gasteiger partial charge is 0.349 e. The van der Waals surface area contributed by atoms with Crippen LogP contribution in [-0.4, -0.2) is 11.9 Å². The van der Waals surface area contributed by atoms with Gasteiger partial charge in [0.05, 0.1) is 5.69 Å². The van der Waals surface area contributed by atoms with Gasteiger partial charge in [0, 0.05) is 11.1 Å². The second-order valence-corrected chi connectivity index (χ2v) is 5.53. The van der Waals surface area contributed by atoms with Crippen LogP contribution in [0.25, 0.3) is 11.0 Å². The topological polar surface area (TPSA) is 124 Å². The number of amides is 1.